The quantitative estimate of drug-likeness (QED) is 0.710. The molecule has 0 bridgehead atoms. The van der Waals surface area contributed by atoms with Gasteiger partial charge in [0.25, 0.3) is 0 Å². The van der Waals surface area contributed by atoms with Crippen LogP contribution in [-0.2, 0) is 6.54 Å². The van der Waals surface area contributed by atoms with Crippen LogP contribution < -0.4 is 0 Å². The molecule has 2 heterocycles. The van der Waals surface area contributed by atoms with Crippen molar-refractivity contribution in [3.8, 4) is 0 Å². The van der Waals surface area contributed by atoms with Gasteiger partial charge in [0, 0.05) is 10.6 Å². The third kappa shape index (κ3) is 1.90. The fourth-order valence-corrected chi connectivity index (χ4v) is 2.30. The maximum atomic E-state index is 5.94. The van der Waals surface area contributed by atoms with E-state index in [1.165, 1.54) is 0 Å². The van der Waals surface area contributed by atoms with E-state index in [0.29, 0.717) is 16.3 Å². The highest BCUT2D eigenvalue weighted by Gasteiger charge is 2.06. The zero-order valence-electron chi connectivity index (χ0n) is 8.81. The van der Waals surface area contributed by atoms with Crippen molar-refractivity contribution in [2.24, 2.45) is 0 Å². The average molecular weight is 265 g/mol. The van der Waals surface area contributed by atoms with E-state index in [1.54, 1.807) is 12.5 Å². The summed E-state index contributed by atoms with van der Waals surface area (Å²) in [6.45, 7) is 0.691. The minimum Gasteiger partial charge on any atom is -0.472 e. The topological polar surface area (TPSA) is 33.9 Å². The maximum absolute atomic E-state index is 5.94. The van der Waals surface area contributed by atoms with Crippen LogP contribution in [0, 0.1) is 4.77 Å². The number of hydrogen-bond acceptors (Lipinski definition) is 2. The molecule has 17 heavy (non-hydrogen) atoms. The lowest BCUT2D eigenvalue weighted by Gasteiger charge is -2.01. The summed E-state index contributed by atoms with van der Waals surface area (Å²) in [5.74, 6) is 0. The van der Waals surface area contributed by atoms with Gasteiger partial charge in [0.1, 0.15) is 0 Å². The molecule has 0 aliphatic carbocycles. The van der Waals surface area contributed by atoms with Crippen LogP contribution in [0.15, 0.2) is 41.2 Å². The third-order valence-corrected chi connectivity index (χ3v) is 3.21. The van der Waals surface area contributed by atoms with E-state index in [1.807, 2.05) is 28.8 Å². The first-order valence-corrected chi connectivity index (χ1v) is 5.92. The third-order valence-electron chi connectivity index (χ3n) is 2.66. The Hall–Kier alpha value is -1.52. The van der Waals surface area contributed by atoms with Crippen molar-refractivity contribution in [3.05, 3.63) is 52.1 Å². The highest BCUT2D eigenvalue weighted by atomic mass is 35.5. The Kier molecular flexibility index (Phi) is 2.53. The Morgan fingerprint density at radius 3 is 3.00 bits per heavy atom. The first kappa shape index (κ1) is 10.6. The zero-order chi connectivity index (χ0) is 11.8. The monoisotopic (exact) mass is 264 g/mol. The van der Waals surface area contributed by atoms with Crippen molar-refractivity contribution < 1.29 is 4.42 Å². The fourth-order valence-electron chi connectivity index (χ4n) is 1.86. The minimum atomic E-state index is 0.684. The van der Waals surface area contributed by atoms with Crippen LogP contribution in [0.4, 0.5) is 0 Å². The van der Waals surface area contributed by atoms with Crippen LogP contribution in [0.2, 0.25) is 5.02 Å². The molecule has 0 saturated heterocycles. The molecule has 1 aromatic carbocycles. The number of nitrogens with zero attached hydrogens (tertiary/aromatic N) is 1. The number of furan rings is 1. The van der Waals surface area contributed by atoms with E-state index in [4.69, 9.17) is 28.2 Å². The van der Waals surface area contributed by atoms with Crippen LogP contribution in [0.25, 0.3) is 11.0 Å². The molecule has 0 unspecified atom stereocenters. The van der Waals surface area contributed by atoms with E-state index in [0.717, 1.165) is 16.6 Å². The molecule has 0 spiro atoms. The lowest BCUT2D eigenvalue weighted by Crippen LogP contribution is -1.97. The molecule has 5 heteroatoms. The minimum absolute atomic E-state index is 0.684. The second-order valence-electron chi connectivity index (χ2n) is 3.81. The highest BCUT2D eigenvalue weighted by molar-refractivity contribution is 7.71. The van der Waals surface area contributed by atoms with Gasteiger partial charge in [0.15, 0.2) is 4.77 Å². The predicted molar refractivity (Wildman–Crippen MR) is 69.9 cm³/mol. The van der Waals surface area contributed by atoms with Crippen molar-refractivity contribution in [1.82, 2.24) is 9.55 Å². The smallest absolute Gasteiger partial charge is 0.178 e. The van der Waals surface area contributed by atoms with Crippen LogP contribution in [0.5, 0.6) is 0 Å². The van der Waals surface area contributed by atoms with Gasteiger partial charge in [-0.3, -0.25) is 0 Å². The Morgan fingerprint density at radius 1 is 1.35 bits per heavy atom. The summed E-state index contributed by atoms with van der Waals surface area (Å²) in [6.07, 6.45) is 3.38. The molecule has 0 saturated carbocycles. The van der Waals surface area contributed by atoms with Crippen LogP contribution >= 0.6 is 23.8 Å². The summed E-state index contributed by atoms with van der Waals surface area (Å²) in [5.41, 5.74) is 3.07. The molecule has 0 amide bonds. The lowest BCUT2D eigenvalue weighted by molar-refractivity contribution is 0.562. The summed E-state index contributed by atoms with van der Waals surface area (Å²) >= 11 is 11.2. The Labute approximate surface area is 108 Å². The van der Waals surface area contributed by atoms with Crippen molar-refractivity contribution in [2.75, 3.05) is 0 Å². The van der Waals surface area contributed by atoms with Crippen LogP contribution in [0.1, 0.15) is 5.56 Å². The zero-order valence-corrected chi connectivity index (χ0v) is 10.4. The summed E-state index contributed by atoms with van der Waals surface area (Å²) in [4.78, 5) is 3.14. The van der Waals surface area contributed by atoms with Gasteiger partial charge in [0.2, 0.25) is 0 Å². The Bertz CT molecular complexity index is 712. The van der Waals surface area contributed by atoms with Gasteiger partial charge in [-0.2, -0.15) is 0 Å². The van der Waals surface area contributed by atoms with Crippen molar-refractivity contribution in [1.29, 1.82) is 0 Å². The van der Waals surface area contributed by atoms with Gasteiger partial charge in [-0.15, -0.1) is 0 Å². The van der Waals surface area contributed by atoms with Gasteiger partial charge >= 0.3 is 0 Å². The number of imidazole rings is 1. The number of aromatic nitrogens is 2. The summed E-state index contributed by atoms with van der Waals surface area (Å²) < 4.78 is 7.76. The first-order valence-electron chi connectivity index (χ1n) is 5.13. The molecule has 0 fully saturated rings. The number of nitrogens with one attached hydrogen (secondary N) is 1. The summed E-state index contributed by atoms with van der Waals surface area (Å²) in [6, 6.07) is 7.62. The van der Waals surface area contributed by atoms with Gasteiger partial charge in [-0.25, -0.2) is 0 Å². The van der Waals surface area contributed by atoms with E-state index in [9.17, 15) is 0 Å². The molecule has 0 atom stereocenters. The molecule has 0 aliphatic rings. The van der Waals surface area contributed by atoms with E-state index in [2.05, 4.69) is 4.98 Å². The fraction of sp³-hybridized carbons (Fsp3) is 0.0833. The number of aromatic amines is 1. The lowest BCUT2D eigenvalue weighted by atomic mass is 10.3. The Balaban J connectivity index is 2.16. The molecule has 3 aromatic rings. The number of halogens is 1. The van der Waals surface area contributed by atoms with Crippen LogP contribution in [0.3, 0.4) is 0 Å². The molecular formula is C12H9ClN2OS. The maximum Gasteiger partial charge on any atom is 0.178 e. The van der Waals surface area contributed by atoms with Gasteiger partial charge in [-0.1, -0.05) is 11.6 Å². The summed E-state index contributed by atoms with van der Waals surface area (Å²) in [7, 11) is 0. The molecule has 1 N–H and O–H groups in total. The molecule has 3 rings (SSSR count). The van der Waals surface area contributed by atoms with Gasteiger partial charge in [-0.05, 0) is 36.5 Å². The van der Waals surface area contributed by atoms with E-state index in [-0.39, 0.29) is 0 Å². The molecule has 3 nitrogen and oxygen atoms in total. The molecule has 2 aromatic heterocycles. The van der Waals surface area contributed by atoms with Crippen molar-refractivity contribution >= 4 is 34.9 Å². The predicted octanol–water partition coefficient (Wildman–Crippen LogP) is 3.99. The second kappa shape index (κ2) is 4.05. The van der Waals surface area contributed by atoms with Gasteiger partial charge < -0.3 is 14.0 Å². The summed E-state index contributed by atoms with van der Waals surface area (Å²) in [5, 5.41) is 0.698. The number of benzene rings is 1. The largest absolute Gasteiger partial charge is 0.472 e. The first-order chi connectivity index (χ1) is 8.24. The Morgan fingerprint density at radius 2 is 2.24 bits per heavy atom. The number of fused-ring (bicyclic) bond motifs is 1. The van der Waals surface area contributed by atoms with Crippen molar-refractivity contribution in [3.63, 3.8) is 0 Å². The van der Waals surface area contributed by atoms with E-state index < -0.39 is 0 Å². The van der Waals surface area contributed by atoms with E-state index >= 15 is 0 Å². The van der Waals surface area contributed by atoms with Crippen LogP contribution in [-0.4, -0.2) is 9.55 Å². The molecule has 0 aliphatic heterocycles. The second-order valence-corrected chi connectivity index (χ2v) is 4.63. The number of hydrogen-bond donors (Lipinski definition) is 1. The van der Waals surface area contributed by atoms with Gasteiger partial charge in [0.05, 0.1) is 30.1 Å². The van der Waals surface area contributed by atoms with Crippen molar-refractivity contribution in [2.45, 2.75) is 6.54 Å². The highest BCUT2D eigenvalue weighted by Crippen LogP contribution is 2.20. The molecule has 0 radical (unpaired) electrons. The SMILES string of the molecule is S=c1[nH]c2cc(Cl)ccc2n1Cc1ccoc1. The molecule has 86 valence electrons. The normalized spacial score (nSPS) is 11.1. The number of rotatable bonds is 2. The number of H-pyrrole nitrogens is 1. The average Bonchev–Trinajstić information content (AvgIpc) is 2.88. The molecular weight excluding hydrogens is 256 g/mol. The standard InChI is InChI=1S/C12H9ClN2OS/c13-9-1-2-11-10(5-9)14-12(17)15(11)6-8-3-4-16-7-8/h1-5,7H,6H2,(H,14,17).